The lowest BCUT2D eigenvalue weighted by Crippen LogP contribution is -2.41. The number of carboxylic acids is 1. The van der Waals surface area contributed by atoms with Crippen LogP contribution in [-0.4, -0.2) is 60.8 Å². The number of carboxylic acid groups (broad SMARTS) is 1. The van der Waals surface area contributed by atoms with E-state index in [4.69, 9.17) is 9.84 Å². The van der Waals surface area contributed by atoms with Crippen LogP contribution < -0.4 is 10.6 Å². The van der Waals surface area contributed by atoms with Crippen molar-refractivity contribution in [1.29, 1.82) is 0 Å². The van der Waals surface area contributed by atoms with Crippen molar-refractivity contribution in [3.05, 3.63) is 0 Å². The lowest BCUT2D eigenvalue weighted by Gasteiger charge is -2.22. The highest BCUT2D eigenvalue weighted by Gasteiger charge is 2.16. The van der Waals surface area contributed by atoms with Gasteiger partial charge < -0.3 is 20.5 Å². The van der Waals surface area contributed by atoms with Gasteiger partial charge in [-0.2, -0.15) is 11.8 Å². The number of thioether (sulfide) groups is 1. The molecule has 1 fully saturated rings. The summed E-state index contributed by atoms with van der Waals surface area (Å²) in [4.78, 5) is 21.7. The summed E-state index contributed by atoms with van der Waals surface area (Å²) in [5, 5.41) is 14.4. The third kappa shape index (κ3) is 7.52. The Hall–Kier alpha value is -0.790. The van der Waals surface area contributed by atoms with Gasteiger partial charge in [0, 0.05) is 37.1 Å². The van der Waals surface area contributed by atoms with Gasteiger partial charge in [0.15, 0.2) is 0 Å². The first-order chi connectivity index (χ1) is 8.68. The quantitative estimate of drug-likeness (QED) is 0.527. The Labute approximate surface area is 111 Å². The molecular formula is C11H20N2O4S. The maximum Gasteiger partial charge on any atom is 0.305 e. The fourth-order valence-electron chi connectivity index (χ4n) is 1.57. The minimum atomic E-state index is -0.875. The number of ether oxygens (including phenoxy) is 1. The second-order valence-corrected chi connectivity index (χ2v) is 5.19. The summed E-state index contributed by atoms with van der Waals surface area (Å²) in [5.41, 5.74) is 0. The average molecular weight is 276 g/mol. The van der Waals surface area contributed by atoms with Crippen molar-refractivity contribution in [2.24, 2.45) is 0 Å². The maximum absolute atomic E-state index is 11.5. The largest absolute Gasteiger partial charge is 0.481 e. The van der Waals surface area contributed by atoms with Crippen LogP contribution in [0.5, 0.6) is 0 Å². The number of carbonyl (C=O) groups excluding carboxylic acids is 1. The molecule has 3 N–H and O–H groups in total. The van der Waals surface area contributed by atoms with E-state index in [1.165, 1.54) is 0 Å². The van der Waals surface area contributed by atoms with Crippen molar-refractivity contribution in [3.8, 4) is 0 Å². The molecule has 0 aromatic carbocycles. The molecule has 0 radical (unpaired) electrons. The van der Waals surface area contributed by atoms with Crippen LogP contribution in [0.25, 0.3) is 0 Å². The van der Waals surface area contributed by atoms with Gasteiger partial charge in [0.1, 0.15) is 0 Å². The molecule has 0 bridgehead atoms. The van der Waals surface area contributed by atoms with E-state index in [-0.39, 0.29) is 25.0 Å². The Bertz CT molecular complexity index is 270. The lowest BCUT2D eigenvalue weighted by molar-refractivity contribution is -0.138. The lowest BCUT2D eigenvalue weighted by atomic mass is 10.2. The van der Waals surface area contributed by atoms with Gasteiger partial charge in [-0.05, 0) is 0 Å². The zero-order valence-corrected chi connectivity index (χ0v) is 11.1. The monoisotopic (exact) mass is 276 g/mol. The van der Waals surface area contributed by atoms with Gasteiger partial charge in [-0.3, -0.25) is 9.59 Å². The van der Waals surface area contributed by atoms with E-state index in [0.717, 1.165) is 18.1 Å². The molecule has 1 aliphatic rings. The minimum Gasteiger partial charge on any atom is -0.481 e. The first-order valence-electron chi connectivity index (χ1n) is 6.06. The fourth-order valence-corrected chi connectivity index (χ4v) is 2.52. The van der Waals surface area contributed by atoms with Crippen LogP contribution in [-0.2, 0) is 14.3 Å². The normalized spacial score (nSPS) is 19.4. The molecule has 1 rings (SSSR count). The smallest absolute Gasteiger partial charge is 0.305 e. The number of hydrogen-bond donors (Lipinski definition) is 3. The van der Waals surface area contributed by atoms with Crippen LogP contribution >= 0.6 is 11.8 Å². The van der Waals surface area contributed by atoms with E-state index in [9.17, 15) is 9.59 Å². The Morgan fingerprint density at radius 2 is 2.28 bits per heavy atom. The summed E-state index contributed by atoms with van der Waals surface area (Å²) in [6.45, 7) is 1.93. The van der Waals surface area contributed by atoms with Crippen LogP contribution in [0.3, 0.4) is 0 Å². The zero-order chi connectivity index (χ0) is 13.2. The summed E-state index contributed by atoms with van der Waals surface area (Å²) in [6.07, 6.45) is 0.485. The van der Waals surface area contributed by atoms with E-state index >= 15 is 0 Å². The molecule has 0 spiro atoms. The van der Waals surface area contributed by atoms with Gasteiger partial charge in [0.25, 0.3) is 0 Å². The molecule has 1 atom stereocenters. The first-order valence-corrected chi connectivity index (χ1v) is 7.21. The van der Waals surface area contributed by atoms with Crippen LogP contribution in [0.1, 0.15) is 12.8 Å². The van der Waals surface area contributed by atoms with Gasteiger partial charge in [0.2, 0.25) is 5.91 Å². The van der Waals surface area contributed by atoms with Gasteiger partial charge in [-0.15, -0.1) is 0 Å². The second-order valence-electron chi connectivity index (χ2n) is 4.04. The predicted molar refractivity (Wildman–Crippen MR) is 69.8 cm³/mol. The Balaban J connectivity index is 1.94. The van der Waals surface area contributed by atoms with Gasteiger partial charge in [-0.25, -0.2) is 0 Å². The Morgan fingerprint density at radius 1 is 1.44 bits per heavy atom. The standard InChI is InChI=1S/C11H20N2O4S/c14-10(7-9-8-18-6-3-12-9)13-2-5-17-4-1-11(15)16/h9,12H,1-8H2,(H,13,14)(H,15,16). The topological polar surface area (TPSA) is 87.7 Å². The van der Waals surface area contributed by atoms with Crippen molar-refractivity contribution in [1.82, 2.24) is 10.6 Å². The zero-order valence-electron chi connectivity index (χ0n) is 10.3. The second kappa shape index (κ2) is 9.18. The van der Waals surface area contributed by atoms with Crippen molar-refractivity contribution in [2.45, 2.75) is 18.9 Å². The summed E-state index contributed by atoms with van der Waals surface area (Å²) >= 11 is 1.86. The summed E-state index contributed by atoms with van der Waals surface area (Å²) in [5.74, 6) is 1.22. The third-order valence-electron chi connectivity index (χ3n) is 2.46. The Kier molecular flexibility index (Phi) is 7.79. The number of carbonyl (C=O) groups is 2. The van der Waals surface area contributed by atoms with E-state index in [2.05, 4.69) is 10.6 Å². The molecule has 0 aromatic rings. The fraction of sp³-hybridized carbons (Fsp3) is 0.818. The SMILES string of the molecule is O=C(O)CCOCCNC(=O)CC1CSCCN1. The molecular weight excluding hydrogens is 256 g/mol. The summed E-state index contributed by atoms with van der Waals surface area (Å²) < 4.78 is 5.07. The highest BCUT2D eigenvalue weighted by molar-refractivity contribution is 7.99. The molecule has 1 aliphatic heterocycles. The number of amides is 1. The summed E-state index contributed by atoms with van der Waals surface area (Å²) in [6, 6.07) is 0.261. The number of aliphatic carboxylic acids is 1. The Morgan fingerprint density at radius 3 is 2.94 bits per heavy atom. The molecule has 0 aromatic heterocycles. The van der Waals surface area contributed by atoms with Crippen LogP contribution in [0.2, 0.25) is 0 Å². The number of rotatable bonds is 8. The molecule has 1 saturated heterocycles. The van der Waals surface area contributed by atoms with Gasteiger partial charge in [0.05, 0.1) is 19.6 Å². The minimum absolute atomic E-state index is 0.00281. The molecule has 18 heavy (non-hydrogen) atoms. The third-order valence-corrected chi connectivity index (χ3v) is 3.59. The first kappa shape index (κ1) is 15.3. The van der Waals surface area contributed by atoms with Crippen molar-refractivity contribution in [2.75, 3.05) is 37.8 Å². The molecule has 1 heterocycles. The van der Waals surface area contributed by atoms with E-state index < -0.39 is 5.97 Å². The van der Waals surface area contributed by atoms with Crippen LogP contribution in [0.15, 0.2) is 0 Å². The number of hydrogen-bond acceptors (Lipinski definition) is 5. The highest BCUT2D eigenvalue weighted by Crippen LogP contribution is 2.09. The van der Waals surface area contributed by atoms with Gasteiger partial charge >= 0.3 is 5.97 Å². The molecule has 104 valence electrons. The van der Waals surface area contributed by atoms with Crippen LogP contribution in [0.4, 0.5) is 0 Å². The van der Waals surface area contributed by atoms with Crippen LogP contribution in [0, 0.1) is 0 Å². The van der Waals surface area contributed by atoms with Gasteiger partial charge in [-0.1, -0.05) is 0 Å². The molecule has 6 nitrogen and oxygen atoms in total. The molecule has 0 aliphatic carbocycles. The van der Waals surface area contributed by atoms with Crippen molar-refractivity contribution >= 4 is 23.6 Å². The molecule has 1 unspecified atom stereocenters. The van der Waals surface area contributed by atoms with E-state index in [0.29, 0.717) is 19.6 Å². The van der Waals surface area contributed by atoms with Crippen molar-refractivity contribution < 1.29 is 19.4 Å². The highest BCUT2D eigenvalue weighted by atomic mass is 32.2. The van der Waals surface area contributed by atoms with E-state index in [1.807, 2.05) is 11.8 Å². The summed E-state index contributed by atoms with van der Waals surface area (Å²) in [7, 11) is 0. The molecule has 7 heteroatoms. The van der Waals surface area contributed by atoms with Crippen molar-refractivity contribution in [3.63, 3.8) is 0 Å². The molecule has 0 saturated carbocycles. The average Bonchev–Trinajstić information content (AvgIpc) is 2.34. The molecule has 1 amide bonds. The predicted octanol–water partition coefficient (Wildman–Crippen LogP) is -0.311. The number of nitrogens with one attached hydrogen (secondary N) is 2. The maximum atomic E-state index is 11.5. The van der Waals surface area contributed by atoms with E-state index in [1.54, 1.807) is 0 Å².